The van der Waals surface area contributed by atoms with Gasteiger partial charge >= 0.3 is 6.18 Å². The lowest BCUT2D eigenvalue weighted by atomic mass is 10.0. The number of aromatic nitrogens is 1. The maximum Gasteiger partial charge on any atom is 0.431 e. The van der Waals surface area contributed by atoms with Crippen LogP contribution in [0.5, 0.6) is 0 Å². The highest BCUT2D eigenvalue weighted by Crippen LogP contribution is 2.37. The van der Waals surface area contributed by atoms with Crippen LogP contribution in [0.4, 0.5) is 13.2 Å². The third kappa shape index (κ3) is 1.99. The Bertz CT molecular complexity index is 584. The van der Waals surface area contributed by atoms with Crippen molar-refractivity contribution in [2.75, 3.05) is 6.61 Å². The summed E-state index contributed by atoms with van der Waals surface area (Å²) in [7, 11) is 0. The van der Waals surface area contributed by atoms with Gasteiger partial charge in [0.1, 0.15) is 5.69 Å². The summed E-state index contributed by atoms with van der Waals surface area (Å²) in [5.74, 6) is 0. The third-order valence-corrected chi connectivity index (χ3v) is 3.26. The molecule has 2 nitrogen and oxygen atoms in total. The van der Waals surface area contributed by atoms with Crippen molar-refractivity contribution in [3.05, 3.63) is 34.5 Å². The molecular formula is C13H14F3NO. The highest BCUT2D eigenvalue weighted by Gasteiger charge is 2.36. The summed E-state index contributed by atoms with van der Waals surface area (Å²) in [6.07, 6.45) is -4.43. The SMILES string of the molecule is Cc1ccc2c(CCO)c(C(F)(F)F)[nH]c2c1C. The van der Waals surface area contributed by atoms with Gasteiger partial charge < -0.3 is 10.1 Å². The van der Waals surface area contributed by atoms with E-state index in [0.29, 0.717) is 10.9 Å². The zero-order valence-corrected chi connectivity index (χ0v) is 10.2. The maximum absolute atomic E-state index is 12.9. The number of fused-ring (bicyclic) bond motifs is 1. The van der Waals surface area contributed by atoms with E-state index >= 15 is 0 Å². The lowest BCUT2D eigenvalue weighted by Crippen LogP contribution is -2.09. The van der Waals surface area contributed by atoms with Gasteiger partial charge in [-0.15, -0.1) is 0 Å². The summed E-state index contributed by atoms with van der Waals surface area (Å²) in [6.45, 7) is 3.34. The number of halogens is 3. The highest BCUT2D eigenvalue weighted by atomic mass is 19.4. The van der Waals surface area contributed by atoms with Crippen LogP contribution in [-0.4, -0.2) is 16.7 Å². The Morgan fingerprint density at radius 2 is 1.89 bits per heavy atom. The van der Waals surface area contributed by atoms with Crippen LogP contribution in [0.3, 0.4) is 0 Å². The molecule has 1 aromatic heterocycles. The number of aryl methyl sites for hydroxylation is 2. The Labute approximate surface area is 102 Å². The number of aliphatic hydroxyl groups excluding tert-OH is 1. The van der Waals surface area contributed by atoms with E-state index in [0.717, 1.165) is 11.1 Å². The zero-order valence-electron chi connectivity index (χ0n) is 10.2. The van der Waals surface area contributed by atoms with Crippen molar-refractivity contribution in [3.63, 3.8) is 0 Å². The predicted octanol–water partition coefficient (Wildman–Crippen LogP) is 3.34. The van der Waals surface area contributed by atoms with Crippen LogP contribution in [0, 0.1) is 13.8 Å². The molecule has 1 aromatic carbocycles. The van der Waals surface area contributed by atoms with Crippen molar-refractivity contribution in [2.45, 2.75) is 26.4 Å². The first kappa shape index (κ1) is 13.0. The second kappa shape index (κ2) is 4.31. The van der Waals surface area contributed by atoms with Crippen LogP contribution in [0.15, 0.2) is 12.1 Å². The highest BCUT2D eigenvalue weighted by molar-refractivity contribution is 5.88. The minimum atomic E-state index is -4.43. The number of alkyl halides is 3. The van der Waals surface area contributed by atoms with Crippen molar-refractivity contribution in [3.8, 4) is 0 Å². The Hall–Kier alpha value is -1.49. The maximum atomic E-state index is 12.9. The van der Waals surface area contributed by atoms with Gasteiger partial charge in [0.25, 0.3) is 0 Å². The van der Waals surface area contributed by atoms with Gasteiger partial charge in [0, 0.05) is 17.5 Å². The van der Waals surface area contributed by atoms with Crippen LogP contribution in [0.1, 0.15) is 22.4 Å². The summed E-state index contributed by atoms with van der Waals surface area (Å²) in [5.41, 5.74) is 1.64. The monoisotopic (exact) mass is 257 g/mol. The zero-order chi connectivity index (χ0) is 13.5. The summed E-state index contributed by atoms with van der Waals surface area (Å²) in [4.78, 5) is 2.46. The molecule has 0 radical (unpaired) electrons. The second-order valence-corrected chi connectivity index (χ2v) is 4.38. The Morgan fingerprint density at radius 3 is 2.44 bits per heavy atom. The fraction of sp³-hybridized carbons (Fsp3) is 0.385. The average Bonchev–Trinajstić information content (AvgIpc) is 2.64. The topological polar surface area (TPSA) is 36.0 Å². The number of benzene rings is 1. The number of rotatable bonds is 2. The molecule has 0 atom stereocenters. The summed E-state index contributed by atoms with van der Waals surface area (Å²) in [6, 6.07) is 3.47. The molecule has 98 valence electrons. The second-order valence-electron chi connectivity index (χ2n) is 4.38. The lowest BCUT2D eigenvalue weighted by Gasteiger charge is -2.06. The Kier molecular flexibility index (Phi) is 3.11. The fourth-order valence-electron chi connectivity index (χ4n) is 2.18. The number of nitrogens with one attached hydrogen (secondary N) is 1. The molecule has 0 fully saturated rings. The quantitative estimate of drug-likeness (QED) is 0.850. The van der Waals surface area contributed by atoms with Crippen molar-refractivity contribution in [1.82, 2.24) is 4.98 Å². The molecule has 0 aliphatic rings. The van der Waals surface area contributed by atoms with E-state index in [1.165, 1.54) is 0 Å². The van der Waals surface area contributed by atoms with E-state index in [9.17, 15) is 13.2 Å². The molecule has 0 bridgehead atoms. The number of aromatic amines is 1. The molecule has 1 heterocycles. The van der Waals surface area contributed by atoms with E-state index in [1.807, 2.05) is 6.92 Å². The minimum absolute atomic E-state index is 0.00263. The van der Waals surface area contributed by atoms with E-state index < -0.39 is 11.9 Å². The van der Waals surface area contributed by atoms with E-state index in [2.05, 4.69) is 4.98 Å². The first-order valence-corrected chi connectivity index (χ1v) is 5.65. The number of hydrogen-bond acceptors (Lipinski definition) is 1. The van der Waals surface area contributed by atoms with Gasteiger partial charge in [-0.1, -0.05) is 12.1 Å². The van der Waals surface area contributed by atoms with Crippen LogP contribution in [-0.2, 0) is 12.6 Å². The molecule has 2 rings (SSSR count). The molecular weight excluding hydrogens is 243 g/mol. The first-order valence-electron chi connectivity index (χ1n) is 5.65. The van der Waals surface area contributed by atoms with Crippen molar-refractivity contribution >= 4 is 10.9 Å². The van der Waals surface area contributed by atoms with Gasteiger partial charge in [-0.3, -0.25) is 0 Å². The van der Waals surface area contributed by atoms with Crippen LogP contribution >= 0.6 is 0 Å². The largest absolute Gasteiger partial charge is 0.431 e. The molecule has 0 unspecified atom stereocenters. The van der Waals surface area contributed by atoms with Gasteiger partial charge in [-0.05, 0) is 37.0 Å². The van der Waals surface area contributed by atoms with Crippen LogP contribution < -0.4 is 0 Å². The number of hydrogen-bond donors (Lipinski definition) is 2. The van der Waals surface area contributed by atoms with Crippen molar-refractivity contribution in [1.29, 1.82) is 0 Å². The van der Waals surface area contributed by atoms with Gasteiger partial charge in [0.2, 0.25) is 0 Å². The molecule has 5 heteroatoms. The smallest absolute Gasteiger partial charge is 0.396 e. The molecule has 0 aliphatic heterocycles. The minimum Gasteiger partial charge on any atom is -0.396 e. The Morgan fingerprint density at radius 1 is 1.22 bits per heavy atom. The standard InChI is InChI=1S/C13H14F3NO/c1-7-3-4-9-10(5-6-18)12(13(14,15)16)17-11(9)8(7)2/h3-4,17-18H,5-6H2,1-2H3. The van der Waals surface area contributed by atoms with Gasteiger partial charge in [0.15, 0.2) is 0 Å². The van der Waals surface area contributed by atoms with Crippen LogP contribution in [0.25, 0.3) is 10.9 Å². The number of aliphatic hydroxyl groups is 1. The van der Waals surface area contributed by atoms with Crippen molar-refractivity contribution < 1.29 is 18.3 Å². The molecule has 2 aromatic rings. The van der Waals surface area contributed by atoms with Gasteiger partial charge in [-0.25, -0.2) is 0 Å². The molecule has 2 N–H and O–H groups in total. The third-order valence-electron chi connectivity index (χ3n) is 3.26. The molecule has 0 saturated heterocycles. The summed E-state index contributed by atoms with van der Waals surface area (Å²) >= 11 is 0. The van der Waals surface area contributed by atoms with E-state index in [-0.39, 0.29) is 18.6 Å². The van der Waals surface area contributed by atoms with Gasteiger partial charge in [-0.2, -0.15) is 13.2 Å². The summed E-state index contributed by atoms with van der Waals surface area (Å²) in [5, 5.41) is 9.47. The normalized spacial score (nSPS) is 12.3. The van der Waals surface area contributed by atoms with Crippen molar-refractivity contribution in [2.24, 2.45) is 0 Å². The van der Waals surface area contributed by atoms with Crippen LogP contribution in [0.2, 0.25) is 0 Å². The molecule has 0 amide bonds. The molecule has 0 saturated carbocycles. The molecule has 0 spiro atoms. The van der Waals surface area contributed by atoms with Gasteiger partial charge in [0.05, 0.1) is 0 Å². The average molecular weight is 257 g/mol. The molecule has 18 heavy (non-hydrogen) atoms. The van der Waals surface area contributed by atoms with E-state index in [4.69, 9.17) is 5.11 Å². The first-order chi connectivity index (χ1) is 8.36. The summed E-state index contributed by atoms with van der Waals surface area (Å²) < 4.78 is 38.8. The fourth-order valence-corrected chi connectivity index (χ4v) is 2.18. The lowest BCUT2D eigenvalue weighted by molar-refractivity contribution is -0.141. The predicted molar refractivity (Wildman–Crippen MR) is 63.6 cm³/mol. The number of H-pyrrole nitrogens is 1. The molecule has 0 aliphatic carbocycles. The Balaban J connectivity index is 2.79. The van der Waals surface area contributed by atoms with E-state index in [1.54, 1.807) is 19.1 Å².